The molecule has 1 unspecified atom stereocenters. The normalized spacial score (nSPS) is 12.6. The monoisotopic (exact) mass is 244 g/mol. The van der Waals surface area contributed by atoms with E-state index in [4.69, 9.17) is 4.74 Å². The molecule has 2 aromatic rings. The lowest BCUT2D eigenvalue weighted by molar-refractivity contribution is 0.210. The Hall–Kier alpha value is -1.61. The number of nitrogens with zero attached hydrogens (tertiary/aromatic N) is 1. The van der Waals surface area contributed by atoms with Crippen LogP contribution in [0.2, 0.25) is 0 Å². The molecule has 1 N–H and O–H groups in total. The van der Waals surface area contributed by atoms with E-state index in [-0.39, 0.29) is 6.10 Å². The van der Waals surface area contributed by atoms with Gasteiger partial charge in [0, 0.05) is 11.6 Å². The molecule has 0 aliphatic heterocycles. The van der Waals surface area contributed by atoms with Gasteiger partial charge in [0.2, 0.25) is 0 Å². The van der Waals surface area contributed by atoms with Crippen LogP contribution in [-0.4, -0.2) is 24.7 Å². The molecule has 18 heavy (non-hydrogen) atoms. The molecule has 1 heterocycles. The van der Waals surface area contributed by atoms with Crippen molar-refractivity contribution in [2.75, 3.05) is 13.6 Å². The lowest BCUT2D eigenvalue weighted by Gasteiger charge is -2.15. The van der Waals surface area contributed by atoms with E-state index in [1.165, 1.54) is 0 Å². The van der Waals surface area contributed by atoms with Crippen molar-refractivity contribution in [1.82, 2.24) is 10.3 Å². The van der Waals surface area contributed by atoms with E-state index in [1.807, 2.05) is 25.2 Å². The summed E-state index contributed by atoms with van der Waals surface area (Å²) in [5, 5.41) is 4.27. The minimum atomic E-state index is 0.214. The highest BCUT2D eigenvalue weighted by molar-refractivity contribution is 5.84. The fourth-order valence-corrected chi connectivity index (χ4v) is 2.01. The van der Waals surface area contributed by atoms with Crippen molar-refractivity contribution in [3.8, 4) is 5.75 Å². The quantitative estimate of drug-likeness (QED) is 0.793. The van der Waals surface area contributed by atoms with E-state index in [0.29, 0.717) is 0 Å². The Labute approximate surface area is 108 Å². The highest BCUT2D eigenvalue weighted by Crippen LogP contribution is 2.24. The first-order valence-electron chi connectivity index (χ1n) is 6.46. The molecule has 1 atom stereocenters. The van der Waals surface area contributed by atoms with Crippen LogP contribution in [0, 0.1) is 0 Å². The minimum absolute atomic E-state index is 0.214. The minimum Gasteiger partial charge on any atom is -0.488 e. The summed E-state index contributed by atoms with van der Waals surface area (Å²) in [4.78, 5) is 4.39. The molecule has 1 aromatic heterocycles. The van der Waals surface area contributed by atoms with Gasteiger partial charge in [0.15, 0.2) is 0 Å². The van der Waals surface area contributed by atoms with E-state index < -0.39 is 0 Å². The molecule has 0 spiro atoms. The molecule has 0 aliphatic rings. The van der Waals surface area contributed by atoms with Crippen LogP contribution in [0.4, 0.5) is 0 Å². The predicted molar refractivity (Wildman–Crippen MR) is 75.0 cm³/mol. The van der Waals surface area contributed by atoms with E-state index >= 15 is 0 Å². The standard InChI is InChI=1S/C15H20N2O/c1-12(6-4-10-16-2)18-14-9-3-7-13-8-5-11-17-15(13)14/h3,5,7-9,11-12,16H,4,6,10H2,1-2H3. The van der Waals surface area contributed by atoms with Gasteiger partial charge in [0.1, 0.15) is 11.3 Å². The largest absolute Gasteiger partial charge is 0.488 e. The molecular formula is C15H20N2O. The van der Waals surface area contributed by atoms with E-state index in [2.05, 4.69) is 29.4 Å². The number of para-hydroxylation sites is 1. The summed E-state index contributed by atoms with van der Waals surface area (Å²) in [5.41, 5.74) is 0.945. The zero-order valence-electron chi connectivity index (χ0n) is 11.0. The molecule has 0 saturated carbocycles. The second kappa shape index (κ2) is 6.36. The van der Waals surface area contributed by atoms with Crippen molar-refractivity contribution in [3.05, 3.63) is 36.5 Å². The number of nitrogens with one attached hydrogen (secondary N) is 1. The molecule has 1 aromatic carbocycles. The van der Waals surface area contributed by atoms with Crippen molar-refractivity contribution in [3.63, 3.8) is 0 Å². The lowest BCUT2D eigenvalue weighted by atomic mass is 10.2. The van der Waals surface area contributed by atoms with Gasteiger partial charge < -0.3 is 10.1 Å². The Bertz CT molecular complexity index is 493. The van der Waals surface area contributed by atoms with Crippen LogP contribution in [0.25, 0.3) is 10.9 Å². The number of aromatic nitrogens is 1. The van der Waals surface area contributed by atoms with Crippen LogP contribution in [0.5, 0.6) is 5.75 Å². The average molecular weight is 244 g/mol. The Morgan fingerprint density at radius 1 is 1.28 bits per heavy atom. The third-order valence-corrected chi connectivity index (χ3v) is 2.96. The van der Waals surface area contributed by atoms with Crippen LogP contribution in [0.15, 0.2) is 36.5 Å². The Morgan fingerprint density at radius 2 is 2.11 bits per heavy atom. The fourth-order valence-electron chi connectivity index (χ4n) is 2.01. The SMILES string of the molecule is CNCCCC(C)Oc1cccc2cccnc12. The number of benzene rings is 1. The Morgan fingerprint density at radius 3 is 2.94 bits per heavy atom. The van der Waals surface area contributed by atoms with Crippen molar-refractivity contribution in [2.45, 2.75) is 25.9 Å². The molecule has 0 aliphatic carbocycles. The maximum atomic E-state index is 5.98. The van der Waals surface area contributed by atoms with Crippen LogP contribution in [0.3, 0.4) is 0 Å². The zero-order valence-corrected chi connectivity index (χ0v) is 11.0. The first-order chi connectivity index (χ1) is 8.81. The fraction of sp³-hybridized carbons (Fsp3) is 0.400. The third-order valence-electron chi connectivity index (χ3n) is 2.96. The molecule has 3 heteroatoms. The third kappa shape index (κ3) is 3.20. The van der Waals surface area contributed by atoms with Crippen molar-refractivity contribution >= 4 is 10.9 Å². The number of hydrogen-bond donors (Lipinski definition) is 1. The molecule has 96 valence electrons. The molecular weight excluding hydrogens is 224 g/mol. The maximum Gasteiger partial charge on any atom is 0.145 e. The summed E-state index contributed by atoms with van der Waals surface area (Å²) < 4.78 is 5.98. The molecule has 0 amide bonds. The van der Waals surface area contributed by atoms with Crippen LogP contribution >= 0.6 is 0 Å². The summed E-state index contributed by atoms with van der Waals surface area (Å²) in [5.74, 6) is 0.880. The number of hydrogen-bond acceptors (Lipinski definition) is 3. The van der Waals surface area contributed by atoms with Gasteiger partial charge in [0.05, 0.1) is 6.10 Å². The molecule has 0 fully saturated rings. The van der Waals surface area contributed by atoms with Crippen LogP contribution in [0.1, 0.15) is 19.8 Å². The number of pyridine rings is 1. The van der Waals surface area contributed by atoms with Gasteiger partial charge in [-0.2, -0.15) is 0 Å². The number of fused-ring (bicyclic) bond motifs is 1. The number of rotatable bonds is 6. The van der Waals surface area contributed by atoms with Gasteiger partial charge in [-0.1, -0.05) is 18.2 Å². The highest BCUT2D eigenvalue weighted by Gasteiger charge is 2.07. The van der Waals surface area contributed by atoms with Gasteiger partial charge in [-0.05, 0) is 45.5 Å². The van der Waals surface area contributed by atoms with Gasteiger partial charge in [0.25, 0.3) is 0 Å². The molecule has 3 nitrogen and oxygen atoms in total. The van der Waals surface area contributed by atoms with Gasteiger partial charge in [-0.25, -0.2) is 0 Å². The lowest BCUT2D eigenvalue weighted by Crippen LogP contribution is -2.15. The average Bonchev–Trinajstić information content (AvgIpc) is 2.39. The van der Waals surface area contributed by atoms with Gasteiger partial charge in [-0.15, -0.1) is 0 Å². The summed E-state index contributed by atoms with van der Waals surface area (Å²) >= 11 is 0. The first kappa shape index (κ1) is 12.8. The summed E-state index contributed by atoms with van der Waals surface area (Å²) in [6.07, 6.45) is 4.19. The van der Waals surface area contributed by atoms with Gasteiger partial charge in [-0.3, -0.25) is 4.98 Å². The molecule has 0 saturated heterocycles. The van der Waals surface area contributed by atoms with Gasteiger partial charge >= 0.3 is 0 Å². The predicted octanol–water partition coefficient (Wildman–Crippen LogP) is 3.00. The van der Waals surface area contributed by atoms with Crippen LogP contribution in [-0.2, 0) is 0 Å². The Balaban J connectivity index is 2.07. The first-order valence-corrected chi connectivity index (χ1v) is 6.46. The smallest absolute Gasteiger partial charge is 0.145 e. The van der Waals surface area contributed by atoms with Crippen molar-refractivity contribution < 1.29 is 4.74 Å². The molecule has 0 bridgehead atoms. The maximum absolute atomic E-state index is 5.98. The second-order valence-electron chi connectivity index (χ2n) is 4.51. The van der Waals surface area contributed by atoms with E-state index in [1.54, 1.807) is 6.20 Å². The number of ether oxygens (including phenoxy) is 1. The highest BCUT2D eigenvalue weighted by atomic mass is 16.5. The summed E-state index contributed by atoms with van der Waals surface area (Å²) in [7, 11) is 1.97. The summed E-state index contributed by atoms with van der Waals surface area (Å²) in [6.45, 7) is 3.14. The topological polar surface area (TPSA) is 34.1 Å². The summed E-state index contributed by atoms with van der Waals surface area (Å²) in [6, 6.07) is 10.1. The molecule has 0 radical (unpaired) electrons. The van der Waals surface area contributed by atoms with Crippen molar-refractivity contribution in [2.24, 2.45) is 0 Å². The zero-order chi connectivity index (χ0) is 12.8. The van der Waals surface area contributed by atoms with Crippen molar-refractivity contribution in [1.29, 1.82) is 0 Å². The molecule has 2 rings (SSSR count). The van der Waals surface area contributed by atoms with Crippen LogP contribution < -0.4 is 10.1 Å². The Kier molecular flexibility index (Phi) is 4.53. The van der Waals surface area contributed by atoms with E-state index in [9.17, 15) is 0 Å². The second-order valence-corrected chi connectivity index (χ2v) is 4.51. The van der Waals surface area contributed by atoms with E-state index in [0.717, 1.165) is 36.0 Å².